The maximum absolute atomic E-state index is 13.3. The fourth-order valence-electron chi connectivity index (χ4n) is 3.89. The standard InChI is InChI=1S/C21H20ClN3O7S/c1-12-20(26)23-15-9-14(22)19(10-17(15)32-12)33(28,29)25-6-4-24(5-7-25)21(27)13-2-3-16-18(8-13)31-11-30-16/h2-3,8-10,12H,4-7,11H2,1H3,(H,23,26). The average molecular weight is 494 g/mol. The van der Waals surface area contributed by atoms with Gasteiger partial charge in [0.05, 0.1) is 10.7 Å². The van der Waals surface area contributed by atoms with Gasteiger partial charge in [0.25, 0.3) is 11.8 Å². The van der Waals surface area contributed by atoms with Crippen molar-refractivity contribution in [3.05, 3.63) is 40.9 Å². The maximum Gasteiger partial charge on any atom is 0.265 e. The Kier molecular flexibility index (Phi) is 5.34. The number of halogens is 1. The summed E-state index contributed by atoms with van der Waals surface area (Å²) in [5, 5.41) is 2.62. The van der Waals surface area contributed by atoms with E-state index in [1.165, 1.54) is 16.4 Å². The van der Waals surface area contributed by atoms with Crippen LogP contribution >= 0.6 is 11.6 Å². The van der Waals surface area contributed by atoms with Gasteiger partial charge in [-0.25, -0.2) is 8.42 Å². The van der Waals surface area contributed by atoms with Gasteiger partial charge < -0.3 is 24.4 Å². The highest BCUT2D eigenvalue weighted by Gasteiger charge is 2.34. The van der Waals surface area contributed by atoms with Crippen molar-refractivity contribution in [3.8, 4) is 17.2 Å². The van der Waals surface area contributed by atoms with E-state index in [1.807, 2.05) is 0 Å². The number of amides is 2. The van der Waals surface area contributed by atoms with E-state index in [0.29, 0.717) is 22.7 Å². The van der Waals surface area contributed by atoms with Crippen LogP contribution in [0.2, 0.25) is 5.02 Å². The third-order valence-corrected chi connectivity index (χ3v) is 8.09. The van der Waals surface area contributed by atoms with Crippen LogP contribution in [-0.4, -0.2) is 68.5 Å². The Morgan fingerprint density at radius 1 is 1.06 bits per heavy atom. The molecule has 5 rings (SSSR count). The summed E-state index contributed by atoms with van der Waals surface area (Å²) < 4.78 is 44.0. The van der Waals surface area contributed by atoms with Gasteiger partial charge in [0.1, 0.15) is 10.6 Å². The summed E-state index contributed by atoms with van der Waals surface area (Å²) in [6, 6.07) is 7.66. The minimum atomic E-state index is -3.94. The third kappa shape index (κ3) is 3.85. The van der Waals surface area contributed by atoms with E-state index in [9.17, 15) is 18.0 Å². The van der Waals surface area contributed by atoms with Gasteiger partial charge in [0.15, 0.2) is 17.6 Å². The molecule has 0 bridgehead atoms. The first-order valence-corrected chi connectivity index (χ1v) is 12.1. The van der Waals surface area contributed by atoms with Crippen molar-refractivity contribution in [2.24, 2.45) is 0 Å². The van der Waals surface area contributed by atoms with Crippen LogP contribution in [0.5, 0.6) is 17.2 Å². The van der Waals surface area contributed by atoms with Crippen molar-refractivity contribution in [3.63, 3.8) is 0 Å². The second-order valence-corrected chi connectivity index (χ2v) is 10.1. The van der Waals surface area contributed by atoms with E-state index in [2.05, 4.69) is 5.32 Å². The van der Waals surface area contributed by atoms with Crippen molar-refractivity contribution in [1.82, 2.24) is 9.21 Å². The lowest BCUT2D eigenvalue weighted by atomic mass is 10.1. The fourth-order valence-corrected chi connectivity index (χ4v) is 5.83. The predicted molar refractivity (Wildman–Crippen MR) is 117 cm³/mol. The Balaban J connectivity index is 1.31. The molecule has 1 fully saturated rings. The Hall–Kier alpha value is -3.02. The van der Waals surface area contributed by atoms with Crippen LogP contribution in [0.15, 0.2) is 35.2 Å². The third-order valence-electron chi connectivity index (χ3n) is 5.73. The first-order chi connectivity index (χ1) is 15.7. The molecule has 1 atom stereocenters. The van der Waals surface area contributed by atoms with Gasteiger partial charge in [-0.2, -0.15) is 4.31 Å². The van der Waals surface area contributed by atoms with Crippen LogP contribution in [0, 0.1) is 0 Å². The number of benzene rings is 2. The van der Waals surface area contributed by atoms with Gasteiger partial charge in [0, 0.05) is 37.8 Å². The number of hydrogen-bond donors (Lipinski definition) is 1. The zero-order chi connectivity index (χ0) is 23.3. The molecular weight excluding hydrogens is 474 g/mol. The molecule has 0 aliphatic carbocycles. The number of hydrogen-bond acceptors (Lipinski definition) is 7. The van der Waals surface area contributed by atoms with E-state index in [0.717, 1.165) is 0 Å². The largest absolute Gasteiger partial charge is 0.479 e. The predicted octanol–water partition coefficient (Wildman–Crippen LogP) is 1.93. The maximum atomic E-state index is 13.3. The Bertz CT molecular complexity index is 1260. The van der Waals surface area contributed by atoms with Crippen molar-refractivity contribution in [2.45, 2.75) is 17.9 Å². The van der Waals surface area contributed by atoms with E-state index in [4.69, 9.17) is 25.8 Å². The molecule has 0 aromatic heterocycles. The number of nitrogens with one attached hydrogen (secondary N) is 1. The molecule has 3 heterocycles. The molecule has 3 aliphatic rings. The lowest BCUT2D eigenvalue weighted by molar-refractivity contribution is -0.122. The molecule has 10 nitrogen and oxygen atoms in total. The second kappa shape index (κ2) is 8.08. The van der Waals surface area contributed by atoms with Gasteiger partial charge in [-0.05, 0) is 31.2 Å². The quantitative estimate of drug-likeness (QED) is 0.694. The molecule has 3 aliphatic heterocycles. The molecule has 2 aromatic rings. The highest BCUT2D eigenvalue weighted by molar-refractivity contribution is 7.89. The summed E-state index contributed by atoms with van der Waals surface area (Å²) in [5.41, 5.74) is 0.766. The van der Waals surface area contributed by atoms with Crippen LogP contribution in [0.25, 0.3) is 0 Å². The summed E-state index contributed by atoms with van der Waals surface area (Å²) in [7, 11) is -3.94. The van der Waals surface area contributed by atoms with Gasteiger partial charge >= 0.3 is 0 Å². The second-order valence-electron chi connectivity index (χ2n) is 7.79. The number of carbonyl (C=O) groups is 2. The Labute approximate surface area is 195 Å². The van der Waals surface area contributed by atoms with Crippen molar-refractivity contribution < 1.29 is 32.2 Å². The summed E-state index contributed by atoms with van der Waals surface area (Å²) in [4.78, 5) is 26.2. The van der Waals surface area contributed by atoms with Crippen LogP contribution in [-0.2, 0) is 14.8 Å². The smallest absolute Gasteiger partial charge is 0.265 e. The molecule has 0 spiro atoms. The molecule has 0 radical (unpaired) electrons. The number of anilines is 1. The molecule has 0 saturated carbocycles. The molecular formula is C21H20ClN3O7S. The zero-order valence-electron chi connectivity index (χ0n) is 17.5. The first kappa shape index (κ1) is 21.8. The lowest BCUT2D eigenvalue weighted by Crippen LogP contribution is -2.50. The van der Waals surface area contributed by atoms with Gasteiger partial charge in [-0.15, -0.1) is 0 Å². The molecule has 2 amide bonds. The molecule has 174 valence electrons. The van der Waals surface area contributed by atoms with Crippen LogP contribution in [0.1, 0.15) is 17.3 Å². The number of carbonyl (C=O) groups excluding carboxylic acids is 2. The number of sulfonamides is 1. The summed E-state index contributed by atoms with van der Waals surface area (Å²) >= 11 is 6.26. The fraction of sp³-hybridized carbons (Fsp3) is 0.333. The monoisotopic (exact) mass is 493 g/mol. The van der Waals surface area contributed by atoms with Crippen molar-refractivity contribution >= 4 is 39.1 Å². The molecule has 33 heavy (non-hydrogen) atoms. The highest BCUT2D eigenvalue weighted by atomic mass is 35.5. The number of piperazine rings is 1. The van der Waals surface area contributed by atoms with Crippen molar-refractivity contribution in [2.75, 3.05) is 38.3 Å². The van der Waals surface area contributed by atoms with Crippen LogP contribution < -0.4 is 19.5 Å². The number of fused-ring (bicyclic) bond motifs is 2. The Morgan fingerprint density at radius 3 is 2.55 bits per heavy atom. The first-order valence-electron chi connectivity index (χ1n) is 10.2. The van der Waals surface area contributed by atoms with Crippen molar-refractivity contribution in [1.29, 1.82) is 0 Å². The highest BCUT2D eigenvalue weighted by Crippen LogP contribution is 2.38. The van der Waals surface area contributed by atoms with Crippen LogP contribution in [0.4, 0.5) is 5.69 Å². The summed E-state index contributed by atoms with van der Waals surface area (Å²) in [6.07, 6.45) is -0.750. The number of rotatable bonds is 3. The van der Waals surface area contributed by atoms with Gasteiger partial charge in [-0.1, -0.05) is 11.6 Å². The summed E-state index contributed by atoms with van der Waals surface area (Å²) in [5.74, 6) is 0.786. The average Bonchev–Trinajstić information content (AvgIpc) is 3.27. The summed E-state index contributed by atoms with van der Waals surface area (Å²) in [6.45, 7) is 2.35. The molecule has 1 saturated heterocycles. The number of nitrogens with zero attached hydrogens (tertiary/aromatic N) is 2. The lowest BCUT2D eigenvalue weighted by Gasteiger charge is -2.34. The molecule has 2 aromatic carbocycles. The molecule has 12 heteroatoms. The minimum Gasteiger partial charge on any atom is -0.479 e. The van der Waals surface area contributed by atoms with E-state index in [-0.39, 0.29) is 60.5 Å². The van der Waals surface area contributed by atoms with E-state index in [1.54, 1.807) is 30.0 Å². The minimum absolute atomic E-state index is 0.0222. The topological polar surface area (TPSA) is 114 Å². The molecule has 1 unspecified atom stereocenters. The van der Waals surface area contributed by atoms with Gasteiger partial charge in [0.2, 0.25) is 16.8 Å². The van der Waals surface area contributed by atoms with Gasteiger partial charge in [-0.3, -0.25) is 9.59 Å². The number of ether oxygens (including phenoxy) is 3. The Morgan fingerprint density at radius 2 is 1.79 bits per heavy atom. The normalized spacial score (nSPS) is 20.1. The zero-order valence-corrected chi connectivity index (χ0v) is 19.1. The van der Waals surface area contributed by atoms with E-state index < -0.39 is 16.1 Å². The van der Waals surface area contributed by atoms with Crippen LogP contribution in [0.3, 0.4) is 0 Å². The molecule has 1 N–H and O–H groups in total. The SMILES string of the molecule is CC1Oc2cc(S(=O)(=O)N3CCN(C(=O)c4ccc5c(c4)OCO5)CC3)c(Cl)cc2NC1=O. The van der Waals surface area contributed by atoms with E-state index >= 15 is 0 Å².